The molecule has 2 N–H and O–H groups in total. The molecule has 0 radical (unpaired) electrons. The summed E-state index contributed by atoms with van der Waals surface area (Å²) in [6.07, 6.45) is 3.11. The van der Waals surface area contributed by atoms with E-state index in [1.54, 1.807) is 12.4 Å². The molecule has 110 valence electrons. The van der Waals surface area contributed by atoms with Gasteiger partial charge in [-0.15, -0.1) is 0 Å². The molecule has 0 spiro atoms. The molecule has 3 aromatic rings. The Morgan fingerprint density at radius 2 is 1.73 bits per heavy atom. The SMILES string of the molecule is O=C(CS)Nc1cnc(Nc2ccc3ccccc3c2)nc1. The number of carbonyl (C=O) groups is 1. The molecule has 6 heteroatoms. The van der Waals surface area contributed by atoms with Crippen LogP contribution in [0.2, 0.25) is 0 Å². The third-order valence-electron chi connectivity index (χ3n) is 3.08. The molecule has 5 nitrogen and oxygen atoms in total. The van der Waals surface area contributed by atoms with E-state index in [1.807, 2.05) is 30.3 Å². The summed E-state index contributed by atoms with van der Waals surface area (Å²) < 4.78 is 0. The predicted octanol–water partition coefficient (Wildman–Crippen LogP) is 3.24. The van der Waals surface area contributed by atoms with E-state index in [-0.39, 0.29) is 11.7 Å². The first kappa shape index (κ1) is 14.3. The lowest BCUT2D eigenvalue weighted by molar-refractivity contribution is -0.113. The van der Waals surface area contributed by atoms with Gasteiger partial charge in [0.05, 0.1) is 23.8 Å². The van der Waals surface area contributed by atoms with Gasteiger partial charge >= 0.3 is 0 Å². The van der Waals surface area contributed by atoms with Crippen molar-refractivity contribution in [2.75, 3.05) is 16.4 Å². The molecule has 1 aromatic heterocycles. The molecule has 22 heavy (non-hydrogen) atoms. The number of carbonyl (C=O) groups excluding carboxylic acids is 1. The lowest BCUT2D eigenvalue weighted by atomic mass is 10.1. The Morgan fingerprint density at radius 3 is 2.45 bits per heavy atom. The number of rotatable bonds is 4. The van der Waals surface area contributed by atoms with Crippen molar-refractivity contribution < 1.29 is 4.79 Å². The summed E-state index contributed by atoms with van der Waals surface area (Å²) in [5.41, 5.74) is 1.45. The number of thiol groups is 1. The Bertz CT molecular complexity index is 805. The maximum atomic E-state index is 11.2. The van der Waals surface area contributed by atoms with Crippen LogP contribution in [0.5, 0.6) is 0 Å². The summed E-state index contributed by atoms with van der Waals surface area (Å²) in [6, 6.07) is 14.2. The summed E-state index contributed by atoms with van der Waals surface area (Å²) in [5, 5.41) is 8.10. The Labute approximate surface area is 133 Å². The average molecular weight is 310 g/mol. The molecule has 0 bridgehead atoms. The number of aromatic nitrogens is 2. The highest BCUT2D eigenvalue weighted by Crippen LogP contribution is 2.20. The fourth-order valence-electron chi connectivity index (χ4n) is 2.05. The number of fused-ring (bicyclic) bond motifs is 1. The molecule has 0 aliphatic rings. The van der Waals surface area contributed by atoms with E-state index in [1.165, 1.54) is 5.39 Å². The summed E-state index contributed by atoms with van der Waals surface area (Å²) in [5.74, 6) is 0.401. The zero-order valence-corrected chi connectivity index (χ0v) is 12.5. The van der Waals surface area contributed by atoms with E-state index in [9.17, 15) is 4.79 Å². The minimum absolute atomic E-state index is 0.122. The van der Waals surface area contributed by atoms with Gasteiger partial charge in [-0.2, -0.15) is 12.6 Å². The third kappa shape index (κ3) is 3.35. The van der Waals surface area contributed by atoms with Gasteiger partial charge in [0.2, 0.25) is 11.9 Å². The molecule has 1 amide bonds. The Kier molecular flexibility index (Phi) is 4.20. The standard InChI is InChI=1S/C16H14N4OS/c21-15(10-22)19-14-8-17-16(18-9-14)20-13-6-5-11-3-1-2-4-12(11)7-13/h1-9,22H,10H2,(H,19,21)(H,17,18,20). The summed E-state index contributed by atoms with van der Waals surface area (Å²) >= 11 is 3.90. The van der Waals surface area contributed by atoms with Gasteiger partial charge in [0.15, 0.2) is 0 Å². The second-order valence-electron chi connectivity index (χ2n) is 4.69. The molecule has 0 aliphatic heterocycles. The summed E-state index contributed by atoms with van der Waals surface area (Å²) in [7, 11) is 0. The van der Waals surface area contributed by atoms with Crippen LogP contribution in [-0.4, -0.2) is 21.6 Å². The van der Waals surface area contributed by atoms with Crippen LogP contribution in [0.15, 0.2) is 54.9 Å². The molecular formula is C16H14N4OS. The number of nitrogens with zero attached hydrogens (tertiary/aromatic N) is 2. The van der Waals surface area contributed by atoms with Gasteiger partial charge in [0.25, 0.3) is 0 Å². The first-order valence-electron chi connectivity index (χ1n) is 6.73. The van der Waals surface area contributed by atoms with Crippen LogP contribution in [-0.2, 0) is 4.79 Å². The van der Waals surface area contributed by atoms with Gasteiger partial charge in [0.1, 0.15) is 0 Å². The number of hydrogen-bond acceptors (Lipinski definition) is 5. The van der Waals surface area contributed by atoms with Crippen LogP contribution >= 0.6 is 12.6 Å². The van der Waals surface area contributed by atoms with Gasteiger partial charge in [-0.25, -0.2) is 9.97 Å². The van der Waals surface area contributed by atoms with Gasteiger partial charge in [-0.05, 0) is 22.9 Å². The van der Waals surface area contributed by atoms with E-state index in [0.717, 1.165) is 11.1 Å². The van der Waals surface area contributed by atoms with Crippen molar-refractivity contribution in [3.63, 3.8) is 0 Å². The van der Waals surface area contributed by atoms with E-state index < -0.39 is 0 Å². The minimum atomic E-state index is -0.192. The molecule has 1 heterocycles. The first-order valence-corrected chi connectivity index (χ1v) is 7.36. The van der Waals surface area contributed by atoms with Gasteiger partial charge in [0, 0.05) is 5.69 Å². The van der Waals surface area contributed by atoms with Gasteiger partial charge in [-0.3, -0.25) is 4.79 Å². The summed E-state index contributed by atoms with van der Waals surface area (Å²) in [6.45, 7) is 0. The fourth-order valence-corrected chi connectivity index (χ4v) is 2.13. The van der Waals surface area contributed by atoms with E-state index in [4.69, 9.17) is 0 Å². The maximum Gasteiger partial charge on any atom is 0.234 e. The Hall–Kier alpha value is -2.60. The smallest absolute Gasteiger partial charge is 0.234 e. The van der Waals surface area contributed by atoms with Crippen LogP contribution in [0, 0.1) is 0 Å². The molecule has 2 aromatic carbocycles. The Balaban J connectivity index is 1.75. The number of amides is 1. The van der Waals surface area contributed by atoms with Crippen LogP contribution in [0.4, 0.5) is 17.3 Å². The highest BCUT2D eigenvalue weighted by molar-refractivity contribution is 7.81. The average Bonchev–Trinajstić information content (AvgIpc) is 2.56. The van der Waals surface area contributed by atoms with Crippen molar-refractivity contribution in [1.29, 1.82) is 0 Å². The zero-order valence-electron chi connectivity index (χ0n) is 11.7. The maximum absolute atomic E-state index is 11.2. The molecule has 3 rings (SSSR count). The van der Waals surface area contributed by atoms with Crippen LogP contribution in [0.25, 0.3) is 10.8 Å². The van der Waals surface area contributed by atoms with Crippen molar-refractivity contribution >= 4 is 46.6 Å². The number of benzene rings is 2. The van der Waals surface area contributed by atoms with Crippen LogP contribution in [0.1, 0.15) is 0 Å². The number of anilines is 3. The van der Waals surface area contributed by atoms with Gasteiger partial charge in [-0.1, -0.05) is 30.3 Å². The van der Waals surface area contributed by atoms with Crippen molar-refractivity contribution in [2.45, 2.75) is 0 Å². The van der Waals surface area contributed by atoms with E-state index in [2.05, 4.69) is 45.4 Å². The quantitative estimate of drug-likeness (QED) is 0.647. The first-order chi connectivity index (χ1) is 10.7. The second-order valence-corrected chi connectivity index (χ2v) is 5.00. The van der Waals surface area contributed by atoms with E-state index in [0.29, 0.717) is 11.6 Å². The largest absolute Gasteiger partial charge is 0.324 e. The normalized spacial score (nSPS) is 10.4. The highest BCUT2D eigenvalue weighted by atomic mass is 32.1. The van der Waals surface area contributed by atoms with Crippen molar-refractivity contribution in [3.05, 3.63) is 54.9 Å². The molecule has 0 saturated heterocycles. The second kappa shape index (κ2) is 6.44. The van der Waals surface area contributed by atoms with Crippen LogP contribution < -0.4 is 10.6 Å². The van der Waals surface area contributed by atoms with E-state index >= 15 is 0 Å². The summed E-state index contributed by atoms with van der Waals surface area (Å²) in [4.78, 5) is 19.6. The molecule has 0 fully saturated rings. The predicted molar refractivity (Wildman–Crippen MR) is 91.7 cm³/mol. The molecule has 0 unspecified atom stereocenters. The molecule has 0 atom stereocenters. The molecule has 0 aliphatic carbocycles. The highest BCUT2D eigenvalue weighted by Gasteiger charge is 2.02. The Morgan fingerprint density at radius 1 is 1.00 bits per heavy atom. The number of nitrogens with one attached hydrogen (secondary N) is 2. The topological polar surface area (TPSA) is 66.9 Å². The van der Waals surface area contributed by atoms with Crippen molar-refractivity contribution in [1.82, 2.24) is 9.97 Å². The lowest BCUT2D eigenvalue weighted by Gasteiger charge is -2.07. The number of hydrogen-bond donors (Lipinski definition) is 3. The monoisotopic (exact) mass is 310 g/mol. The third-order valence-corrected chi connectivity index (χ3v) is 3.37. The molecular weight excluding hydrogens is 296 g/mol. The molecule has 0 saturated carbocycles. The zero-order chi connectivity index (χ0) is 15.4. The van der Waals surface area contributed by atoms with Crippen molar-refractivity contribution in [2.24, 2.45) is 0 Å². The lowest BCUT2D eigenvalue weighted by Crippen LogP contribution is -2.13. The fraction of sp³-hybridized carbons (Fsp3) is 0.0625. The minimum Gasteiger partial charge on any atom is -0.324 e. The van der Waals surface area contributed by atoms with Crippen molar-refractivity contribution in [3.8, 4) is 0 Å². The van der Waals surface area contributed by atoms with Gasteiger partial charge < -0.3 is 10.6 Å². The van der Waals surface area contributed by atoms with Crippen LogP contribution in [0.3, 0.4) is 0 Å².